The lowest BCUT2D eigenvalue weighted by Gasteiger charge is -2.24. The lowest BCUT2D eigenvalue weighted by atomic mass is 9.95. The van der Waals surface area contributed by atoms with Crippen molar-refractivity contribution in [3.05, 3.63) is 35.4 Å². The Balaban J connectivity index is 1.92. The quantitative estimate of drug-likeness (QED) is 0.931. The van der Waals surface area contributed by atoms with Gasteiger partial charge in [0.05, 0.1) is 0 Å². The van der Waals surface area contributed by atoms with E-state index in [0.717, 1.165) is 25.9 Å². The maximum Gasteiger partial charge on any atom is 0.410 e. The van der Waals surface area contributed by atoms with Gasteiger partial charge in [-0.15, -0.1) is 0 Å². The van der Waals surface area contributed by atoms with Crippen molar-refractivity contribution < 1.29 is 9.53 Å². The van der Waals surface area contributed by atoms with Gasteiger partial charge in [-0.2, -0.15) is 0 Å². The fourth-order valence-corrected chi connectivity index (χ4v) is 2.76. The van der Waals surface area contributed by atoms with Gasteiger partial charge in [0.15, 0.2) is 0 Å². The maximum atomic E-state index is 12.1. The molecule has 1 aromatic rings. The Morgan fingerprint density at radius 2 is 2.00 bits per heavy atom. The average molecular weight is 290 g/mol. The highest BCUT2D eigenvalue weighted by atomic mass is 16.6. The van der Waals surface area contributed by atoms with E-state index in [1.807, 2.05) is 31.7 Å². The number of amides is 1. The van der Waals surface area contributed by atoms with Crippen LogP contribution in [0.2, 0.25) is 0 Å². The highest BCUT2D eigenvalue weighted by Crippen LogP contribution is 2.24. The van der Waals surface area contributed by atoms with E-state index in [-0.39, 0.29) is 6.09 Å². The van der Waals surface area contributed by atoms with Gasteiger partial charge in [-0.1, -0.05) is 24.3 Å². The summed E-state index contributed by atoms with van der Waals surface area (Å²) in [6.07, 6.45) is 1.81. The molecule has 2 N–H and O–H groups in total. The van der Waals surface area contributed by atoms with Crippen molar-refractivity contribution in [1.29, 1.82) is 0 Å². The third-order valence-corrected chi connectivity index (χ3v) is 3.78. The summed E-state index contributed by atoms with van der Waals surface area (Å²) >= 11 is 0. The summed E-state index contributed by atoms with van der Waals surface area (Å²) in [7, 11) is 0. The molecule has 0 radical (unpaired) electrons. The van der Waals surface area contributed by atoms with E-state index in [1.54, 1.807) is 0 Å². The van der Waals surface area contributed by atoms with Gasteiger partial charge in [0, 0.05) is 19.6 Å². The summed E-state index contributed by atoms with van der Waals surface area (Å²) in [4.78, 5) is 13.9. The number of carbonyl (C=O) groups is 1. The first kappa shape index (κ1) is 15.8. The minimum atomic E-state index is -0.429. The molecule has 1 unspecified atom stereocenters. The third-order valence-electron chi connectivity index (χ3n) is 3.78. The van der Waals surface area contributed by atoms with Crippen molar-refractivity contribution in [2.75, 3.05) is 13.1 Å². The second kappa shape index (κ2) is 6.48. The summed E-state index contributed by atoms with van der Waals surface area (Å²) in [5.74, 6) is 0.491. The summed E-state index contributed by atoms with van der Waals surface area (Å²) in [6, 6.07) is 8.29. The Morgan fingerprint density at radius 3 is 2.62 bits per heavy atom. The number of carbonyl (C=O) groups excluding carboxylic acids is 1. The second-order valence-corrected chi connectivity index (χ2v) is 6.76. The molecule has 0 aromatic heterocycles. The van der Waals surface area contributed by atoms with E-state index in [0.29, 0.717) is 12.5 Å². The summed E-state index contributed by atoms with van der Waals surface area (Å²) in [5, 5.41) is 0. The van der Waals surface area contributed by atoms with Crippen LogP contribution in [0.25, 0.3) is 0 Å². The Kier molecular flexibility index (Phi) is 4.88. The molecule has 1 saturated heterocycles. The molecule has 0 aliphatic carbocycles. The molecule has 2 rings (SSSR count). The monoisotopic (exact) mass is 290 g/mol. The molecular weight excluding hydrogens is 264 g/mol. The van der Waals surface area contributed by atoms with Gasteiger partial charge in [0.25, 0.3) is 0 Å². The summed E-state index contributed by atoms with van der Waals surface area (Å²) < 4.78 is 5.43. The van der Waals surface area contributed by atoms with E-state index in [9.17, 15) is 4.79 Å². The molecule has 1 aliphatic rings. The second-order valence-electron chi connectivity index (χ2n) is 6.76. The maximum absolute atomic E-state index is 12.1. The van der Waals surface area contributed by atoms with Crippen molar-refractivity contribution in [1.82, 2.24) is 4.90 Å². The molecule has 1 aromatic carbocycles. The van der Waals surface area contributed by atoms with Crippen LogP contribution in [0.5, 0.6) is 0 Å². The summed E-state index contributed by atoms with van der Waals surface area (Å²) in [5.41, 5.74) is 7.86. The van der Waals surface area contributed by atoms with E-state index < -0.39 is 5.60 Å². The number of benzene rings is 1. The molecule has 21 heavy (non-hydrogen) atoms. The van der Waals surface area contributed by atoms with Crippen LogP contribution in [-0.4, -0.2) is 29.7 Å². The molecule has 1 amide bonds. The highest BCUT2D eigenvalue weighted by molar-refractivity contribution is 5.68. The van der Waals surface area contributed by atoms with Crippen LogP contribution >= 0.6 is 0 Å². The predicted molar refractivity (Wildman–Crippen MR) is 84.0 cm³/mol. The van der Waals surface area contributed by atoms with E-state index in [4.69, 9.17) is 10.5 Å². The van der Waals surface area contributed by atoms with Crippen molar-refractivity contribution in [3.8, 4) is 0 Å². The van der Waals surface area contributed by atoms with Gasteiger partial charge in [0.1, 0.15) is 5.60 Å². The van der Waals surface area contributed by atoms with Crippen molar-refractivity contribution >= 4 is 6.09 Å². The van der Waals surface area contributed by atoms with E-state index in [2.05, 4.69) is 18.2 Å². The third kappa shape index (κ3) is 4.46. The number of hydrogen-bond acceptors (Lipinski definition) is 3. The number of likely N-dealkylation sites (tertiary alicyclic amines) is 1. The first-order chi connectivity index (χ1) is 9.89. The fraction of sp³-hybridized carbons (Fsp3) is 0.588. The normalized spacial score (nSPS) is 18.9. The van der Waals surface area contributed by atoms with E-state index in [1.165, 1.54) is 11.1 Å². The predicted octanol–water partition coefficient (Wildman–Crippen LogP) is 2.94. The van der Waals surface area contributed by atoms with Crippen LogP contribution in [-0.2, 0) is 17.7 Å². The van der Waals surface area contributed by atoms with Gasteiger partial charge in [-0.3, -0.25) is 0 Å². The molecule has 4 heteroatoms. The fourth-order valence-electron chi connectivity index (χ4n) is 2.76. The standard InChI is InChI=1S/C17H26N2O2/c1-17(2,3)21-16(20)19-9-8-13(12-19)10-14-6-4-5-7-15(14)11-18/h4-7,13H,8-12,18H2,1-3H3. The van der Waals surface area contributed by atoms with E-state index >= 15 is 0 Å². The minimum absolute atomic E-state index is 0.197. The van der Waals surface area contributed by atoms with Crippen LogP contribution in [0, 0.1) is 5.92 Å². The van der Waals surface area contributed by atoms with Gasteiger partial charge in [-0.25, -0.2) is 4.79 Å². The largest absolute Gasteiger partial charge is 0.444 e. The number of ether oxygens (including phenoxy) is 1. The molecule has 1 aliphatic heterocycles. The number of rotatable bonds is 3. The van der Waals surface area contributed by atoms with Crippen LogP contribution in [0.3, 0.4) is 0 Å². The molecule has 1 atom stereocenters. The van der Waals surface area contributed by atoms with Crippen LogP contribution in [0.4, 0.5) is 4.79 Å². The Labute approximate surface area is 127 Å². The zero-order valence-electron chi connectivity index (χ0n) is 13.3. The molecule has 0 bridgehead atoms. The Bertz CT molecular complexity index is 494. The number of nitrogens with zero attached hydrogens (tertiary/aromatic N) is 1. The SMILES string of the molecule is CC(C)(C)OC(=O)N1CCC(Cc2ccccc2CN)C1. The average Bonchev–Trinajstić information content (AvgIpc) is 2.86. The van der Waals surface area contributed by atoms with Crippen molar-refractivity contribution in [2.24, 2.45) is 11.7 Å². The molecular formula is C17H26N2O2. The van der Waals surface area contributed by atoms with Gasteiger partial charge in [-0.05, 0) is 50.7 Å². The first-order valence-corrected chi connectivity index (χ1v) is 7.64. The molecule has 1 fully saturated rings. The molecule has 116 valence electrons. The zero-order valence-corrected chi connectivity index (χ0v) is 13.3. The van der Waals surface area contributed by atoms with Crippen molar-refractivity contribution in [3.63, 3.8) is 0 Å². The number of hydrogen-bond donors (Lipinski definition) is 1. The lowest BCUT2D eigenvalue weighted by molar-refractivity contribution is 0.0288. The zero-order chi connectivity index (χ0) is 15.5. The molecule has 4 nitrogen and oxygen atoms in total. The molecule has 0 saturated carbocycles. The highest BCUT2D eigenvalue weighted by Gasteiger charge is 2.29. The van der Waals surface area contributed by atoms with Crippen LogP contribution in [0.15, 0.2) is 24.3 Å². The van der Waals surface area contributed by atoms with Crippen LogP contribution in [0.1, 0.15) is 38.3 Å². The lowest BCUT2D eigenvalue weighted by Crippen LogP contribution is -2.35. The number of nitrogens with two attached hydrogens (primary N) is 1. The Morgan fingerprint density at radius 1 is 1.33 bits per heavy atom. The Hall–Kier alpha value is -1.55. The smallest absolute Gasteiger partial charge is 0.410 e. The molecule has 1 heterocycles. The minimum Gasteiger partial charge on any atom is -0.444 e. The van der Waals surface area contributed by atoms with Crippen molar-refractivity contribution in [2.45, 2.75) is 45.8 Å². The van der Waals surface area contributed by atoms with Crippen LogP contribution < -0.4 is 5.73 Å². The summed E-state index contributed by atoms with van der Waals surface area (Å²) in [6.45, 7) is 7.82. The molecule has 0 spiro atoms. The first-order valence-electron chi connectivity index (χ1n) is 7.64. The van der Waals surface area contributed by atoms with Gasteiger partial charge >= 0.3 is 6.09 Å². The van der Waals surface area contributed by atoms with Gasteiger partial charge in [0.2, 0.25) is 0 Å². The van der Waals surface area contributed by atoms with Gasteiger partial charge < -0.3 is 15.4 Å². The topological polar surface area (TPSA) is 55.6 Å².